The van der Waals surface area contributed by atoms with E-state index in [1.54, 1.807) is 11.3 Å². The van der Waals surface area contributed by atoms with Gasteiger partial charge in [-0.3, -0.25) is 0 Å². The summed E-state index contributed by atoms with van der Waals surface area (Å²) in [6, 6.07) is 11.6. The van der Waals surface area contributed by atoms with Crippen molar-refractivity contribution >= 4 is 11.3 Å². The van der Waals surface area contributed by atoms with E-state index < -0.39 is 6.10 Å². The van der Waals surface area contributed by atoms with Crippen molar-refractivity contribution in [3.63, 3.8) is 0 Å². The van der Waals surface area contributed by atoms with Gasteiger partial charge in [-0.25, -0.2) is 0 Å². The molecule has 0 fully saturated rings. The summed E-state index contributed by atoms with van der Waals surface area (Å²) in [6.45, 7) is 0.529. The molecule has 0 radical (unpaired) electrons. The summed E-state index contributed by atoms with van der Waals surface area (Å²) in [5.74, 6) is 0.847. The molecule has 1 aromatic carbocycles. The SMILES string of the molecule is OC(CCOc1ccccc1)c1ccsc1. The number of aliphatic hydroxyl groups excluding tert-OH is 1. The largest absolute Gasteiger partial charge is 0.493 e. The number of thiophene rings is 1. The molecule has 1 N–H and O–H groups in total. The Morgan fingerprint density at radius 2 is 2.00 bits per heavy atom. The first-order valence-corrected chi connectivity index (χ1v) is 6.18. The van der Waals surface area contributed by atoms with E-state index in [2.05, 4.69) is 0 Å². The minimum atomic E-state index is -0.421. The Morgan fingerprint density at radius 1 is 1.19 bits per heavy atom. The lowest BCUT2D eigenvalue weighted by Crippen LogP contribution is -2.04. The number of hydrogen-bond acceptors (Lipinski definition) is 3. The molecule has 2 rings (SSSR count). The van der Waals surface area contributed by atoms with Gasteiger partial charge in [0.15, 0.2) is 0 Å². The Kier molecular flexibility index (Phi) is 3.97. The highest BCUT2D eigenvalue weighted by Gasteiger charge is 2.07. The van der Waals surface area contributed by atoms with E-state index in [1.807, 2.05) is 47.2 Å². The second-order valence-electron chi connectivity index (χ2n) is 3.52. The Balaban J connectivity index is 1.76. The number of ether oxygens (including phenoxy) is 1. The lowest BCUT2D eigenvalue weighted by molar-refractivity contribution is 0.141. The van der Waals surface area contributed by atoms with Crippen LogP contribution in [0.2, 0.25) is 0 Å². The van der Waals surface area contributed by atoms with Crippen LogP contribution in [0.3, 0.4) is 0 Å². The standard InChI is InChI=1S/C13H14O2S/c14-13(11-7-9-16-10-11)6-8-15-12-4-2-1-3-5-12/h1-5,7,9-10,13-14H,6,8H2. The number of rotatable bonds is 5. The number of para-hydroxylation sites is 1. The molecule has 3 heteroatoms. The van der Waals surface area contributed by atoms with Crippen LogP contribution < -0.4 is 4.74 Å². The van der Waals surface area contributed by atoms with E-state index in [9.17, 15) is 5.11 Å². The van der Waals surface area contributed by atoms with Crippen LogP contribution in [-0.2, 0) is 0 Å². The van der Waals surface area contributed by atoms with Gasteiger partial charge in [-0.15, -0.1) is 0 Å². The van der Waals surface area contributed by atoms with Gasteiger partial charge in [0.2, 0.25) is 0 Å². The molecule has 0 amide bonds. The van der Waals surface area contributed by atoms with Crippen LogP contribution >= 0.6 is 11.3 Å². The summed E-state index contributed by atoms with van der Waals surface area (Å²) < 4.78 is 5.52. The molecule has 84 valence electrons. The number of benzene rings is 1. The van der Waals surface area contributed by atoms with Crippen molar-refractivity contribution in [2.45, 2.75) is 12.5 Å². The normalized spacial score (nSPS) is 12.3. The van der Waals surface area contributed by atoms with Crippen LogP contribution in [0.1, 0.15) is 18.1 Å². The first-order chi connectivity index (χ1) is 7.86. The van der Waals surface area contributed by atoms with Gasteiger partial charge in [0.05, 0.1) is 12.7 Å². The molecule has 0 spiro atoms. The molecule has 2 aromatic rings. The van der Waals surface area contributed by atoms with Crippen molar-refractivity contribution < 1.29 is 9.84 Å². The van der Waals surface area contributed by atoms with E-state index in [-0.39, 0.29) is 0 Å². The van der Waals surface area contributed by atoms with Crippen LogP contribution in [0, 0.1) is 0 Å². The average molecular weight is 234 g/mol. The van der Waals surface area contributed by atoms with Crippen LogP contribution in [0.5, 0.6) is 5.75 Å². The highest BCUT2D eigenvalue weighted by molar-refractivity contribution is 7.07. The second-order valence-corrected chi connectivity index (χ2v) is 4.30. The summed E-state index contributed by atoms with van der Waals surface area (Å²) >= 11 is 1.60. The van der Waals surface area contributed by atoms with E-state index in [0.717, 1.165) is 11.3 Å². The molecular weight excluding hydrogens is 220 g/mol. The monoisotopic (exact) mass is 234 g/mol. The fourth-order valence-electron chi connectivity index (χ4n) is 1.44. The zero-order valence-corrected chi connectivity index (χ0v) is 9.69. The van der Waals surface area contributed by atoms with Crippen LogP contribution in [-0.4, -0.2) is 11.7 Å². The van der Waals surface area contributed by atoms with Gasteiger partial charge in [0, 0.05) is 6.42 Å². The molecule has 16 heavy (non-hydrogen) atoms. The lowest BCUT2D eigenvalue weighted by Gasteiger charge is -2.10. The first kappa shape index (κ1) is 11.2. The molecule has 0 aliphatic rings. The molecule has 0 aliphatic carbocycles. The van der Waals surface area contributed by atoms with Gasteiger partial charge in [-0.1, -0.05) is 18.2 Å². The maximum absolute atomic E-state index is 9.81. The summed E-state index contributed by atoms with van der Waals surface area (Å²) in [4.78, 5) is 0. The lowest BCUT2D eigenvalue weighted by atomic mass is 10.1. The summed E-state index contributed by atoms with van der Waals surface area (Å²) in [6.07, 6.45) is 0.195. The quantitative estimate of drug-likeness (QED) is 0.860. The minimum absolute atomic E-state index is 0.421. The predicted molar refractivity (Wildman–Crippen MR) is 65.8 cm³/mol. The highest BCUT2D eigenvalue weighted by Crippen LogP contribution is 2.19. The molecule has 2 nitrogen and oxygen atoms in total. The molecule has 0 saturated carbocycles. The molecule has 1 unspecified atom stereocenters. The molecular formula is C13H14O2S. The van der Waals surface area contributed by atoms with Crippen molar-refractivity contribution in [3.8, 4) is 5.75 Å². The number of aliphatic hydroxyl groups is 1. The van der Waals surface area contributed by atoms with E-state index in [4.69, 9.17) is 4.74 Å². The Bertz CT molecular complexity index is 397. The maximum Gasteiger partial charge on any atom is 0.119 e. The van der Waals surface area contributed by atoms with Gasteiger partial charge in [-0.2, -0.15) is 11.3 Å². The van der Waals surface area contributed by atoms with Crippen molar-refractivity contribution in [2.24, 2.45) is 0 Å². The van der Waals surface area contributed by atoms with Crippen LogP contribution in [0.15, 0.2) is 47.2 Å². The molecule has 1 atom stereocenters. The van der Waals surface area contributed by atoms with Crippen molar-refractivity contribution in [2.75, 3.05) is 6.61 Å². The second kappa shape index (κ2) is 5.68. The van der Waals surface area contributed by atoms with Gasteiger partial charge in [0.25, 0.3) is 0 Å². The first-order valence-electron chi connectivity index (χ1n) is 5.24. The number of hydrogen-bond donors (Lipinski definition) is 1. The molecule has 1 heterocycles. The van der Waals surface area contributed by atoms with Gasteiger partial charge in [0.1, 0.15) is 5.75 Å². The van der Waals surface area contributed by atoms with Crippen molar-refractivity contribution in [1.82, 2.24) is 0 Å². The highest BCUT2D eigenvalue weighted by atomic mass is 32.1. The minimum Gasteiger partial charge on any atom is -0.493 e. The molecule has 0 bridgehead atoms. The molecule has 0 saturated heterocycles. The van der Waals surface area contributed by atoms with Crippen LogP contribution in [0.25, 0.3) is 0 Å². The van der Waals surface area contributed by atoms with E-state index in [1.165, 1.54) is 0 Å². The Hall–Kier alpha value is -1.32. The van der Waals surface area contributed by atoms with E-state index >= 15 is 0 Å². The Morgan fingerprint density at radius 3 is 2.69 bits per heavy atom. The zero-order valence-electron chi connectivity index (χ0n) is 8.87. The zero-order chi connectivity index (χ0) is 11.2. The Labute approximate surface area is 99.1 Å². The van der Waals surface area contributed by atoms with Crippen molar-refractivity contribution in [3.05, 3.63) is 52.7 Å². The smallest absolute Gasteiger partial charge is 0.119 e. The topological polar surface area (TPSA) is 29.5 Å². The van der Waals surface area contributed by atoms with Gasteiger partial charge >= 0.3 is 0 Å². The van der Waals surface area contributed by atoms with Crippen LogP contribution in [0.4, 0.5) is 0 Å². The molecule has 0 aliphatic heterocycles. The van der Waals surface area contributed by atoms with E-state index in [0.29, 0.717) is 13.0 Å². The maximum atomic E-state index is 9.81. The third-order valence-corrected chi connectivity index (χ3v) is 3.03. The fourth-order valence-corrected chi connectivity index (χ4v) is 2.14. The fraction of sp³-hybridized carbons (Fsp3) is 0.231. The third-order valence-electron chi connectivity index (χ3n) is 2.33. The summed E-state index contributed by atoms with van der Waals surface area (Å²) in [5.41, 5.74) is 0.974. The van der Waals surface area contributed by atoms with Gasteiger partial charge in [-0.05, 0) is 34.5 Å². The molecule has 1 aromatic heterocycles. The van der Waals surface area contributed by atoms with Gasteiger partial charge < -0.3 is 9.84 Å². The summed E-state index contributed by atoms with van der Waals surface area (Å²) in [5, 5.41) is 13.7. The van der Waals surface area contributed by atoms with Crippen molar-refractivity contribution in [1.29, 1.82) is 0 Å². The predicted octanol–water partition coefficient (Wildman–Crippen LogP) is 3.25. The third kappa shape index (κ3) is 3.08. The average Bonchev–Trinajstić information content (AvgIpc) is 2.84. The summed E-state index contributed by atoms with van der Waals surface area (Å²) in [7, 11) is 0.